The Balaban J connectivity index is 1.39. The quantitative estimate of drug-likeness (QED) is 0.697. The summed E-state index contributed by atoms with van der Waals surface area (Å²) in [7, 11) is -2.92. The van der Waals surface area contributed by atoms with Gasteiger partial charge < -0.3 is 9.64 Å². The van der Waals surface area contributed by atoms with E-state index in [4.69, 9.17) is 4.74 Å². The van der Waals surface area contributed by atoms with E-state index in [9.17, 15) is 17.2 Å². The maximum atomic E-state index is 14.2. The van der Waals surface area contributed by atoms with Gasteiger partial charge in [-0.1, -0.05) is 0 Å². The highest BCUT2D eigenvalue weighted by Gasteiger charge is 2.33. The number of nitrogens with zero attached hydrogens (tertiary/aromatic N) is 3. The number of ether oxygens (including phenoxy) is 1. The molecule has 1 aromatic carbocycles. The summed E-state index contributed by atoms with van der Waals surface area (Å²) >= 11 is 0. The molecule has 0 aliphatic carbocycles. The molecule has 0 amide bonds. The molecule has 3 aliphatic heterocycles. The normalized spacial score (nSPS) is 27.2. The second kappa shape index (κ2) is 8.22. The van der Waals surface area contributed by atoms with Crippen LogP contribution in [0.25, 0.3) is 0 Å². The number of benzene rings is 1. The maximum Gasteiger partial charge on any atom is 0.274 e. The molecule has 2 atom stereocenters. The average Bonchev–Trinajstić information content (AvgIpc) is 3.19. The number of hydrogen-bond donors (Lipinski definition) is 0. The Hall–Kier alpha value is -2.29. The third-order valence-electron chi connectivity index (χ3n) is 5.53. The number of rotatable bonds is 4. The van der Waals surface area contributed by atoms with Crippen molar-refractivity contribution in [1.29, 1.82) is 0 Å². The fourth-order valence-electron chi connectivity index (χ4n) is 3.96. The molecule has 0 spiro atoms. The molecule has 0 bridgehead atoms. The van der Waals surface area contributed by atoms with Crippen molar-refractivity contribution in [3.63, 3.8) is 0 Å². The number of allylic oxidation sites excluding steroid dienone is 1. The van der Waals surface area contributed by atoms with Gasteiger partial charge in [-0.2, -0.15) is 0 Å². The lowest BCUT2D eigenvalue weighted by atomic mass is 10.0. The largest absolute Gasteiger partial charge is 0.464 e. The second-order valence-electron chi connectivity index (χ2n) is 7.56. The van der Waals surface area contributed by atoms with Crippen LogP contribution in [0.2, 0.25) is 0 Å². The van der Waals surface area contributed by atoms with Crippen molar-refractivity contribution in [2.45, 2.75) is 44.0 Å². The number of hydrogen-bond acceptors (Lipinski definition) is 6. The first-order chi connectivity index (χ1) is 13.9. The van der Waals surface area contributed by atoms with E-state index < -0.39 is 27.7 Å². The smallest absolute Gasteiger partial charge is 0.274 e. The first-order valence-corrected chi connectivity index (χ1v) is 11.6. The molecule has 155 valence electrons. The van der Waals surface area contributed by atoms with Gasteiger partial charge in [0.2, 0.25) is 0 Å². The van der Waals surface area contributed by atoms with Gasteiger partial charge in [0, 0.05) is 24.9 Å². The van der Waals surface area contributed by atoms with Gasteiger partial charge in [-0.05, 0) is 43.2 Å². The lowest BCUT2D eigenvalue weighted by Crippen LogP contribution is -2.30. The highest BCUT2D eigenvalue weighted by atomic mass is 32.2. The Labute approximate surface area is 168 Å². The molecule has 3 heterocycles. The van der Waals surface area contributed by atoms with E-state index >= 15 is 0 Å². The molecular formula is C20H23F2N3O3S+. The SMILES string of the molecule is O=S1(=O)CCC([N+]=N[C@H]2C=CC(N3CCCC3c3cc(F)ccc3F)=CO2)CC1. The zero-order chi connectivity index (χ0) is 20.4. The van der Waals surface area contributed by atoms with Crippen LogP contribution in [-0.2, 0) is 14.6 Å². The molecule has 3 aliphatic rings. The zero-order valence-corrected chi connectivity index (χ0v) is 16.7. The van der Waals surface area contributed by atoms with Crippen LogP contribution in [0.15, 0.2) is 47.4 Å². The van der Waals surface area contributed by atoms with E-state index in [0.717, 1.165) is 37.2 Å². The summed E-state index contributed by atoms with van der Waals surface area (Å²) in [6.45, 7) is 0.725. The molecule has 0 aromatic heterocycles. The lowest BCUT2D eigenvalue weighted by molar-refractivity contribution is 0.163. The van der Waals surface area contributed by atoms with Crippen LogP contribution in [0.5, 0.6) is 0 Å². The third kappa shape index (κ3) is 4.66. The fraction of sp³-hybridized carbons (Fsp3) is 0.500. The topological polar surface area (TPSA) is 73.1 Å². The molecule has 6 nitrogen and oxygen atoms in total. The van der Waals surface area contributed by atoms with Crippen molar-refractivity contribution in [1.82, 2.24) is 10.0 Å². The molecular weight excluding hydrogens is 400 g/mol. The van der Waals surface area contributed by atoms with Crippen molar-refractivity contribution in [3.05, 3.63) is 59.5 Å². The molecule has 1 aromatic rings. The summed E-state index contributed by atoms with van der Waals surface area (Å²) in [6, 6.07) is 3.20. The van der Waals surface area contributed by atoms with Gasteiger partial charge in [0.1, 0.15) is 17.9 Å². The highest BCUT2D eigenvalue weighted by Crippen LogP contribution is 2.37. The zero-order valence-electron chi connectivity index (χ0n) is 15.9. The molecule has 9 heteroatoms. The molecule has 1 unspecified atom stereocenters. The van der Waals surface area contributed by atoms with Gasteiger partial charge in [0.05, 0.1) is 28.4 Å². The Morgan fingerprint density at radius 2 is 1.97 bits per heavy atom. The van der Waals surface area contributed by atoms with E-state index in [-0.39, 0.29) is 23.6 Å². The predicted molar refractivity (Wildman–Crippen MR) is 103 cm³/mol. The van der Waals surface area contributed by atoms with Crippen molar-refractivity contribution in [2.75, 3.05) is 18.1 Å². The fourth-order valence-corrected chi connectivity index (χ4v) is 5.42. The Bertz CT molecular complexity index is 948. The van der Waals surface area contributed by atoms with E-state index in [0.29, 0.717) is 18.4 Å². The maximum absolute atomic E-state index is 14.2. The first kappa shape index (κ1) is 20.0. The minimum atomic E-state index is -2.92. The number of azo groups is 1. The Kier molecular flexibility index (Phi) is 5.67. The molecule has 0 N–H and O–H groups in total. The van der Waals surface area contributed by atoms with Gasteiger partial charge >= 0.3 is 0 Å². The number of sulfone groups is 1. The summed E-state index contributed by atoms with van der Waals surface area (Å²) in [4.78, 5) is 2.01. The molecule has 1 radical (unpaired) electrons. The van der Waals surface area contributed by atoms with E-state index in [2.05, 4.69) is 10.2 Å². The van der Waals surface area contributed by atoms with Crippen LogP contribution in [0.1, 0.15) is 37.3 Å². The van der Waals surface area contributed by atoms with Crippen LogP contribution in [0, 0.1) is 11.6 Å². The summed E-state index contributed by atoms with van der Waals surface area (Å²) < 4.78 is 56.4. The molecule has 2 saturated heterocycles. The van der Waals surface area contributed by atoms with Crippen LogP contribution < -0.4 is 5.11 Å². The molecule has 29 heavy (non-hydrogen) atoms. The summed E-state index contributed by atoms with van der Waals surface area (Å²) in [5.41, 5.74) is 1.14. The third-order valence-corrected chi connectivity index (χ3v) is 7.24. The molecule has 2 fully saturated rings. The minimum absolute atomic E-state index is 0.0974. The standard InChI is InChI=1S/C20H23F2N3O3S/c21-14-3-5-18(22)17(12-14)19-2-1-9-25(19)16-4-6-20(28-13-16)24-23-15-7-10-29(26,27)11-8-15/h3-6,12-13,15,19-20H,1-2,7-11H2/q+1/t19?,20-/m1/s1. The van der Waals surface area contributed by atoms with Gasteiger partial charge in [-0.15, -0.1) is 0 Å². The van der Waals surface area contributed by atoms with Crippen LogP contribution >= 0.6 is 0 Å². The van der Waals surface area contributed by atoms with Gasteiger partial charge in [-0.25, -0.2) is 17.2 Å². The van der Waals surface area contributed by atoms with E-state index in [1.54, 1.807) is 12.3 Å². The Morgan fingerprint density at radius 1 is 1.17 bits per heavy atom. The van der Waals surface area contributed by atoms with E-state index in [1.165, 1.54) is 6.07 Å². The first-order valence-electron chi connectivity index (χ1n) is 9.77. The molecule has 4 rings (SSSR count). The predicted octanol–water partition coefficient (Wildman–Crippen LogP) is 3.22. The summed E-state index contributed by atoms with van der Waals surface area (Å²) in [5.74, 6) is -0.566. The highest BCUT2D eigenvalue weighted by molar-refractivity contribution is 7.91. The lowest BCUT2D eigenvalue weighted by Gasteiger charge is -2.29. The Morgan fingerprint density at radius 3 is 2.69 bits per heavy atom. The summed E-state index contributed by atoms with van der Waals surface area (Å²) in [5, 5.41) is 8.40. The van der Waals surface area contributed by atoms with Crippen molar-refractivity contribution in [3.8, 4) is 0 Å². The van der Waals surface area contributed by atoms with Crippen LogP contribution in [0.3, 0.4) is 0 Å². The van der Waals surface area contributed by atoms with Crippen LogP contribution in [-0.4, -0.2) is 43.6 Å². The summed E-state index contributed by atoms with van der Waals surface area (Å²) in [6.07, 6.45) is 7.20. The van der Waals surface area contributed by atoms with Crippen molar-refractivity contribution >= 4 is 9.84 Å². The van der Waals surface area contributed by atoms with Gasteiger partial charge in [0.15, 0.2) is 15.0 Å². The monoisotopic (exact) mass is 423 g/mol. The minimum Gasteiger partial charge on any atom is -0.464 e. The number of likely N-dealkylation sites (tertiary alicyclic amines) is 1. The molecule has 0 saturated carbocycles. The van der Waals surface area contributed by atoms with Crippen LogP contribution in [0.4, 0.5) is 8.78 Å². The average molecular weight is 423 g/mol. The van der Waals surface area contributed by atoms with Crippen molar-refractivity contribution in [2.24, 2.45) is 5.11 Å². The van der Waals surface area contributed by atoms with Gasteiger partial charge in [0.25, 0.3) is 12.3 Å². The van der Waals surface area contributed by atoms with E-state index in [1.807, 2.05) is 11.0 Å². The van der Waals surface area contributed by atoms with Crippen molar-refractivity contribution < 1.29 is 21.9 Å². The second-order valence-corrected chi connectivity index (χ2v) is 9.86. The number of halogens is 2. The van der Waals surface area contributed by atoms with Gasteiger partial charge in [-0.3, -0.25) is 0 Å².